The van der Waals surface area contributed by atoms with Crippen LogP contribution in [0.15, 0.2) is 48.9 Å². The molecule has 9 heteroatoms. The quantitative estimate of drug-likeness (QED) is 0.668. The van der Waals surface area contributed by atoms with Gasteiger partial charge in [0.15, 0.2) is 5.82 Å². The van der Waals surface area contributed by atoms with Crippen LogP contribution in [0.5, 0.6) is 0 Å². The lowest BCUT2D eigenvalue weighted by atomic mass is 9.90. The molecule has 1 amide bonds. The molecule has 0 saturated carbocycles. The fraction of sp³-hybridized carbons (Fsp3) is 0.333. The highest BCUT2D eigenvalue weighted by Crippen LogP contribution is 2.27. The molecular weight excluding hydrogens is 407 g/mol. The van der Waals surface area contributed by atoms with Crippen LogP contribution in [0.4, 0.5) is 10.2 Å². The summed E-state index contributed by atoms with van der Waals surface area (Å²) in [5.74, 6) is 0.199. The fourth-order valence-electron chi connectivity index (χ4n) is 3.88. The molecule has 3 aromatic rings. The number of likely N-dealkylation sites (tertiary alicyclic amines) is 1. The van der Waals surface area contributed by atoms with Gasteiger partial charge in [0.2, 0.25) is 0 Å². The highest BCUT2D eigenvalue weighted by atomic mass is 35.5. The Morgan fingerprint density at radius 3 is 2.80 bits per heavy atom. The van der Waals surface area contributed by atoms with Crippen LogP contribution in [-0.4, -0.2) is 49.9 Å². The van der Waals surface area contributed by atoms with Gasteiger partial charge in [-0.3, -0.25) is 4.79 Å². The highest BCUT2D eigenvalue weighted by molar-refractivity contribution is 6.30. The maximum Gasteiger partial charge on any atom is 0.256 e. The number of para-hydroxylation sites is 1. The number of amides is 1. The van der Waals surface area contributed by atoms with Gasteiger partial charge in [-0.15, -0.1) is 4.80 Å². The number of rotatable bonds is 5. The summed E-state index contributed by atoms with van der Waals surface area (Å²) in [7, 11) is 0. The smallest absolute Gasteiger partial charge is 0.256 e. The molecule has 1 saturated heterocycles. The summed E-state index contributed by atoms with van der Waals surface area (Å²) in [6, 6.07) is 7.96. The second-order valence-corrected chi connectivity index (χ2v) is 7.82. The Hall–Kier alpha value is -3.00. The number of carbonyl (C=O) groups is 1. The summed E-state index contributed by atoms with van der Waals surface area (Å²) in [5.41, 5.74) is 0.312. The number of carbonyl (C=O) groups excluding carboxylic acids is 1. The van der Waals surface area contributed by atoms with Gasteiger partial charge in [-0.2, -0.15) is 10.2 Å². The van der Waals surface area contributed by atoms with Crippen molar-refractivity contribution in [3.05, 3.63) is 65.3 Å². The Bertz CT molecular complexity index is 1010. The number of benzene rings is 1. The van der Waals surface area contributed by atoms with Crippen molar-refractivity contribution in [2.45, 2.75) is 25.8 Å². The van der Waals surface area contributed by atoms with E-state index >= 15 is 0 Å². The van der Waals surface area contributed by atoms with E-state index in [9.17, 15) is 9.18 Å². The Morgan fingerprint density at radius 1 is 1.27 bits per heavy atom. The second kappa shape index (κ2) is 8.79. The van der Waals surface area contributed by atoms with Crippen molar-refractivity contribution in [2.24, 2.45) is 5.92 Å². The van der Waals surface area contributed by atoms with Crippen LogP contribution in [0.2, 0.25) is 5.02 Å². The van der Waals surface area contributed by atoms with Crippen LogP contribution in [-0.2, 0) is 0 Å². The molecule has 1 fully saturated rings. The first-order chi connectivity index (χ1) is 14.5. The summed E-state index contributed by atoms with van der Waals surface area (Å²) in [5, 5.41) is 11.9. The third kappa shape index (κ3) is 4.14. The van der Waals surface area contributed by atoms with Crippen molar-refractivity contribution in [2.75, 3.05) is 18.4 Å². The van der Waals surface area contributed by atoms with Crippen LogP contribution in [0.3, 0.4) is 0 Å². The maximum atomic E-state index is 14.6. The van der Waals surface area contributed by atoms with E-state index in [0.29, 0.717) is 23.9 Å². The van der Waals surface area contributed by atoms with Crippen molar-refractivity contribution in [3.63, 3.8) is 0 Å². The third-order valence-electron chi connectivity index (χ3n) is 5.43. The zero-order chi connectivity index (χ0) is 21.1. The van der Waals surface area contributed by atoms with Crippen molar-refractivity contribution in [1.82, 2.24) is 24.9 Å². The molecular formula is C21H22ClFN6O. The number of pyridine rings is 1. The molecule has 4 rings (SSSR count). The van der Waals surface area contributed by atoms with Gasteiger partial charge in [0.25, 0.3) is 5.91 Å². The molecule has 156 valence electrons. The van der Waals surface area contributed by atoms with Crippen molar-refractivity contribution < 1.29 is 9.18 Å². The summed E-state index contributed by atoms with van der Waals surface area (Å²) in [4.78, 5) is 20.7. The van der Waals surface area contributed by atoms with Gasteiger partial charge < -0.3 is 10.2 Å². The van der Waals surface area contributed by atoms with E-state index in [-0.39, 0.29) is 29.1 Å². The Labute approximate surface area is 178 Å². The zero-order valence-electron chi connectivity index (χ0n) is 16.5. The Kier molecular flexibility index (Phi) is 5.94. The lowest BCUT2D eigenvalue weighted by molar-refractivity contribution is 0.0539. The summed E-state index contributed by atoms with van der Waals surface area (Å²) in [6.45, 7) is 3.26. The first-order valence-corrected chi connectivity index (χ1v) is 10.2. The number of anilines is 1. The average molecular weight is 429 g/mol. The highest BCUT2D eigenvalue weighted by Gasteiger charge is 2.34. The number of aromatic nitrogens is 4. The molecule has 1 aliphatic rings. The SMILES string of the molecule is CC1CCCN(C(=O)c2cccc(F)c2-n2nccn2)C1CNc1ccc(Cl)cn1. The predicted molar refractivity (Wildman–Crippen MR) is 112 cm³/mol. The molecule has 2 aromatic heterocycles. The van der Waals surface area contributed by atoms with Crippen molar-refractivity contribution in [1.29, 1.82) is 0 Å². The molecule has 30 heavy (non-hydrogen) atoms. The van der Waals surface area contributed by atoms with Crippen LogP contribution in [0.1, 0.15) is 30.1 Å². The molecule has 0 bridgehead atoms. The minimum atomic E-state index is -0.540. The van der Waals surface area contributed by atoms with E-state index in [1.807, 2.05) is 4.90 Å². The lowest BCUT2D eigenvalue weighted by Crippen LogP contribution is -2.51. The van der Waals surface area contributed by atoms with E-state index in [0.717, 1.165) is 17.6 Å². The molecule has 1 N–H and O–H groups in total. The number of halogens is 2. The summed E-state index contributed by atoms with van der Waals surface area (Å²) >= 11 is 5.90. The lowest BCUT2D eigenvalue weighted by Gasteiger charge is -2.40. The fourth-order valence-corrected chi connectivity index (χ4v) is 3.99. The molecule has 0 radical (unpaired) electrons. The van der Waals surface area contributed by atoms with E-state index in [1.54, 1.807) is 24.4 Å². The zero-order valence-corrected chi connectivity index (χ0v) is 17.3. The van der Waals surface area contributed by atoms with Crippen LogP contribution >= 0.6 is 11.6 Å². The predicted octanol–water partition coefficient (Wildman–Crippen LogP) is 3.81. The van der Waals surface area contributed by atoms with Gasteiger partial charge in [0, 0.05) is 19.3 Å². The van der Waals surface area contributed by atoms with Gasteiger partial charge in [-0.25, -0.2) is 9.37 Å². The minimum Gasteiger partial charge on any atom is -0.368 e. The van der Waals surface area contributed by atoms with Crippen LogP contribution < -0.4 is 5.32 Å². The van der Waals surface area contributed by atoms with Gasteiger partial charge in [0.1, 0.15) is 11.5 Å². The first-order valence-electron chi connectivity index (χ1n) is 9.86. The van der Waals surface area contributed by atoms with Crippen molar-refractivity contribution >= 4 is 23.3 Å². The van der Waals surface area contributed by atoms with E-state index in [1.165, 1.54) is 24.5 Å². The first kappa shape index (κ1) is 20.3. The third-order valence-corrected chi connectivity index (χ3v) is 5.66. The summed E-state index contributed by atoms with van der Waals surface area (Å²) in [6.07, 6.45) is 6.40. The standard InChI is InChI=1S/C21H22ClFN6O/c1-14-4-3-11-28(18(14)13-25-19-8-7-15(22)12-24-19)21(30)16-5-2-6-17(23)20(16)29-26-9-10-27-29/h2,5-10,12,14,18H,3-4,11,13H2,1H3,(H,24,25). The number of nitrogens with zero attached hydrogens (tertiary/aromatic N) is 5. The minimum absolute atomic E-state index is 0.0644. The monoisotopic (exact) mass is 428 g/mol. The Balaban J connectivity index is 1.60. The number of hydrogen-bond donors (Lipinski definition) is 1. The molecule has 1 aliphatic heterocycles. The van der Waals surface area contributed by atoms with Gasteiger partial charge >= 0.3 is 0 Å². The van der Waals surface area contributed by atoms with Gasteiger partial charge in [-0.1, -0.05) is 24.6 Å². The van der Waals surface area contributed by atoms with Gasteiger partial charge in [0.05, 0.1) is 29.0 Å². The van der Waals surface area contributed by atoms with Crippen LogP contribution in [0.25, 0.3) is 5.69 Å². The maximum absolute atomic E-state index is 14.6. The van der Waals surface area contributed by atoms with Crippen LogP contribution in [0, 0.1) is 11.7 Å². The molecule has 3 heterocycles. The molecule has 0 spiro atoms. The van der Waals surface area contributed by atoms with Gasteiger partial charge in [-0.05, 0) is 43.0 Å². The molecule has 7 nitrogen and oxygen atoms in total. The average Bonchev–Trinajstić information content (AvgIpc) is 3.27. The number of piperidine rings is 1. The van der Waals surface area contributed by atoms with E-state index in [4.69, 9.17) is 11.6 Å². The number of nitrogens with one attached hydrogen (secondary N) is 1. The Morgan fingerprint density at radius 2 is 2.07 bits per heavy atom. The largest absolute Gasteiger partial charge is 0.368 e. The normalized spacial score (nSPS) is 19.0. The molecule has 1 aromatic carbocycles. The van der Waals surface area contributed by atoms with E-state index in [2.05, 4.69) is 27.4 Å². The second-order valence-electron chi connectivity index (χ2n) is 7.38. The van der Waals surface area contributed by atoms with Crippen molar-refractivity contribution in [3.8, 4) is 5.69 Å². The summed E-state index contributed by atoms with van der Waals surface area (Å²) < 4.78 is 14.6. The number of hydrogen-bond acceptors (Lipinski definition) is 5. The molecule has 2 atom stereocenters. The molecule has 0 aliphatic carbocycles. The van der Waals surface area contributed by atoms with E-state index < -0.39 is 5.82 Å². The topological polar surface area (TPSA) is 75.9 Å². The molecule has 2 unspecified atom stereocenters.